The SMILES string of the molecule is C[C@]12CC[C@H]3[C@H](CCC4=CC(=O)CC[C@@]43C)[C@@H]1CC[C@@H]2OC(=O)CCC(=O)N1CCC[C@@H]1C(=O)O. The van der Waals surface area contributed by atoms with Crippen LogP contribution in [0.2, 0.25) is 0 Å². The van der Waals surface area contributed by atoms with Gasteiger partial charge in [-0.05, 0) is 87.0 Å². The number of fused-ring (bicyclic) bond motifs is 5. The van der Waals surface area contributed by atoms with E-state index in [-0.39, 0.29) is 47.4 Å². The summed E-state index contributed by atoms with van der Waals surface area (Å²) in [4.78, 5) is 50.1. The highest BCUT2D eigenvalue weighted by Crippen LogP contribution is 2.65. The molecule has 0 aromatic rings. The van der Waals surface area contributed by atoms with Crippen molar-refractivity contribution in [2.75, 3.05) is 6.54 Å². The van der Waals surface area contributed by atoms with Crippen molar-refractivity contribution in [2.24, 2.45) is 28.6 Å². The average Bonchev–Trinajstić information content (AvgIpc) is 3.43. The van der Waals surface area contributed by atoms with Gasteiger partial charge in [-0.25, -0.2) is 4.79 Å². The van der Waals surface area contributed by atoms with Crippen molar-refractivity contribution in [3.05, 3.63) is 11.6 Å². The molecular formula is C28H39NO6. The van der Waals surface area contributed by atoms with Crippen LogP contribution in [0.4, 0.5) is 0 Å². The van der Waals surface area contributed by atoms with E-state index in [0.29, 0.717) is 43.6 Å². The molecule has 7 nitrogen and oxygen atoms in total. The normalized spacial score (nSPS) is 40.4. The van der Waals surface area contributed by atoms with Crippen molar-refractivity contribution in [1.82, 2.24) is 4.90 Å². The summed E-state index contributed by atoms with van der Waals surface area (Å²) in [6, 6.07) is -0.766. The minimum absolute atomic E-state index is 0.00519. The summed E-state index contributed by atoms with van der Waals surface area (Å²) in [6.45, 7) is 5.12. The maximum absolute atomic E-state index is 12.8. The molecule has 0 bridgehead atoms. The smallest absolute Gasteiger partial charge is 0.326 e. The fourth-order valence-corrected chi connectivity index (χ4v) is 8.60. The number of amides is 1. The lowest BCUT2D eigenvalue weighted by Crippen LogP contribution is -2.51. The second-order valence-corrected chi connectivity index (χ2v) is 12.2. The van der Waals surface area contributed by atoms with Crippen molar-refractivity contribution >= 4 is 23.6 Å². The fraction of sp³-hybridized carbons (Fsp3) is 0.786. The van der Waals surface area contributed by atoms with E-state index in [2.05, 4.69) is 13.8 Å². The number of esters is 1. The molecule has 1 amide bonds. The zero-order valence-electron chi connectivity index (χ0n) is 21.1. The third-order valence-electron chi connectivity index (χ3n) is 10.5. The Kier molecular flexibility index (Phi) is 6.33. The first kappa shape index (κ1) is 24.5. The number of ketones is 1. The average molecular weight is 486 g/mol. The minimum atomic E-state index is -0.974. The highest BCUT2D eigenvalue weighted by molar-refractivity contribution is 5.91. The molecule has 1 saturated heterocycles. The Labute approximate surface area is 207 Å². The van der Waals surface area contributed by atoms with E-state index in [1.807, 2.05) is 6.08 Å². The van der Waals surface area contributed by atoms with Gasteiger partial charge in [0.25, 0.3) is 0 Å². The Balaban J connectivity index is 1.20. The molecule has 1 aliphatic heterocycles. The first-order chi connectivity index (χ1) is 16.6. The zero-order chi connectivity index (χ0) is 25.0. The Morgan fingerprint density at radius 2 is 1.83 bits per heavy atom. The van der Waals surface area contributed by atoms with Gasteiger partial charge >= 0.3 is 11.9 Å². The highest BCUT2D eigenvalue weighted by atomic mass is 16.5. The first-order valence-electron chi connectivity index (χ1n) is 13.6. The van der Waals surface area contributed by atoms with Gasteiger partial charge in [0.05, 0.1) is 6.42 Å². The maximum Gasteiger partial charge on any atom is 0.326 e. The van der Waals surface area contributed by atoms with Crippen LogP contribution in [-0.2, 0) is 23.9 Å². The van der Waals surface area contributed by atoms with Crippen molar-refractivity contribution in [2.45, 2.75) is 103 Å². The number of carboxylic acids is 1. The predicted molar refractivity (Wildman–Crippen MR) is 128 cm³/mol. The van der Waals surface area contributed by atoms with Gasteiger partial charge in [-0.1, -0.05) is 19.4 Å². The zero-order valence-corrected chi connectivity index (χ0v) is 21.1. The molecule has 4 fully saturated rings. The van der Waals surface area contributed by atoms with E-state index in [4.69, 9.17) is 4.74 Å². The van der Waals surface area contributed by atoms with Crippen LogP contribution in [0, 0.1) is 28.6 Å². The van der Waals surface area contributed by atoms with Crippen molar-refractivity contribution < 1.29 is 29.0 Å². The summed E-state index contributed by atoms with van der Waals surface area (Å²) in [7, 11) is 0. The van der Waals surface area contributed by atoms with Crippen LogP contribution in [0.15, 0.2) is 11.6 Å². The quantitative estimate of drug-likeness (QED) is 0.583. The number of likely N-dealkylation sites (tertiary alicyclic amines) is 1. The molecular weight excluding hydrogens is 446 g/mol. The minimum Gasteiger partial charge on any atom is -0.480 e. The summed E-state index contributed by atoms with van der Waals surface area (Å²) in [5, 5.41) is 9.31. The van der Waals surface area contributed by atoms with E-state index < -0.39 is 12.0 Å². The van der Waals surface area contributed by atoms with Crippen LogP contribution < -0.4 is 0 Å². The summed E-state index contributed by atoms with van der Waals surface area (Å²) in [5.41, 5.74) is 1.47. The van der Waals surface area contributed by atoms with Crippen LogP contribution in [-0.4, -0.2) is 52.3 Å². The van der Waals surface area contributed by atoms with Gasteiger partial charge in [0.1, 0.15) is 12.1 Å². The number of carbonyl (C=O) groups excluding carboxylic acids is 3. The summed E-state index contributed by atoms with van der Waals surface area (Å²) >= 11 is 0. The highest BCUT2D eigenvalue weighted by Gasteiger charge is 2.60. The van der Waals surface area contributed by atoms with Gasteiger partial charge in [0.2, 0.25) is 5.91 Å². The van der Waals surface area contributed by atoms with Crippen molar-refractivity contribution in [1.29, 1.82) is 0 Å². The van der Waals surface area contributed by atoms with Gasteiger partial charge in [0.15, 0.2) is 5.78 Å². The first-order valence-corrected chi connectivity index (χ1v) is 13.6. The molecule has 0 spiro atoms. The number of hydrogen-bond acceptors (Lipinski definition) is 5. The molecule has 1 N–H and O–H groups in total. The molecule has 0 radical (unpaired) electrons. The van der Waals surface area contributed by atoms with E-state index >= 15 is 0 Å². The van der Waals surface area contributed by atoms with E-state index in [1.54, 1.807) is 0 Å². The molecule has 7 heteroatoms. The Morgan fingerprint density at radius 1 is 1.03 bits per heavy atom. The fourth-order valence-electron chi connectivity index (χ4n) is 8.60. The second kappa shape index (κ2) is 9.04. The molecule has 5 rings (SSSR count). The molecule has 1 heterocycles. The predicted octanol–water partition coefficient (Wildman–Crippen LogP) is 4.29. The number of ether oxygens (including phenoxy) is 1. The number of aliphatic carboxylic acids is 1. The molecule has 0 aromatic carbocycles. The van der Waals surface area contributed by atoms with E-state index in [0.717, 1.165) is 44.9 Å². The second-order valence-electron chi connectivity index (χ2n) is 12.2. The van der Waals surface area contributed by atoms with Crippen LogP contribution >= 0.6 is 0 Å². The number of hydrogen-bond donors (Lipinski definition) is 1. The molecule has 5 aliphatic rings. The maximum atomic E-state index is 12.8. The third kappa shape index (κ3) is 4.13. The summed E-state index contributed by atoms with van der Waals surface area (Å²) in [5.74, 6) is 0.431. The largest absolute Gasteiger partial charge is 0.480 e. The van der Waals surface area contributed by atoms with Crippen LogP contribution in [0.3, 0.4) is 0 Å². The van der Waals surface area contributed by atoms with Crippen molar-refractivity contribution in [3.8, 4) is 0 Å². The van der Waals surface area contributed by atoms with Crippen LogP contribution in [0.1, 0.15) is 90.9 Å². The Morgan fingerprint density at radius 3 is 2.60 bits per heavy atom. The van der Waals surface area contributed by atoms with Gasteiger partial charge in [-0.2, -0.15) is 0 Å². The molecule has 0 aromatic heterocycles. The topological polar surface area (TPSA) is 101 Å². The van der Waals surface area contributed by atoms with Crippen LogP contribution in [0.25, 0.3) is 0 Å². The lowest BCUT2D eigenvalue weighted by atomic mass is 9.47. The lowest BCUT2D eigenvalue weighted by Gasteiger charge is -2.57. The number of carboxylic acid groups (broad SMARTS) is 1. The van der Waals surface area contributed by atoms with Gasteiger partial charge in [-0.15, -0.1) is 0 Å². The summed E-state index contributed by atoms with van der Waals surface area (Å²) < 4.78 is 6.01. The monoisotopic (exact) mass is 485 g/mol. The van der Waals surface area contributed by atoms with Crippen LogP contribution in [0.5, 0.6) is 0 Å². The van der Waals surface area contributed by atoms with Gasteiger partial charge in [-0.3, -0.25) is 14.4 Å². The van der Waals surface area contributed by atoms with E-state index in [9.17, 15) is 24.3 Å². The number of nitrogens with zero attached hydrogens (tertiary/aromatic N) is 1. The summed E-state index contributed by atoms with van der Waals surface area (Å²) in [6.07, 6.45) is 10.8. The molecule has 0 unspecified atom stereocenters. The number of carbonyl (C=O) groups is 4. The molecule has 35 heavy (non-hydrogen) atoms. The van der Waals surface area contributed by atoms with Gasteiger partial charge < -0.3 is 14.7 Å². The Hall–Kier alpha value is -2.18. The number of rotatable bonds is 5. The standard InChI is InChI=1S/C28H39NO6/c1-27-13-11-18(30)16-17(27)5-6-19-20-7-8-23(28(20,2)14-12-21(19)27)35-25(32)10-9-24(31)29-15-3-4-22(29)26(33)34/h16,19-23H,3-15H2,1-2H3,(H,33,34)/t19-,20+,21+,22-,23+,27+,28+/m1/s1. The lowest BCUT2D eigenvalue weighted by molar-refractivity contribution is -0.161. The molecule has 192 valence electrons. The molecule has 7 atom stereocenters. The van der Waals surface area contributed by atoms with E-state index in [1.165, 1.54) is 10.5 Å². The number of allylic oxidation sites excluding steroid dienone is 1. The van der Waals surface area contributed by atoms with Crippen molar-refractivity contribution in [3.63, 3.8) is 0 Å². The molecule has 3 saturated carbocycles. The van der Waals surface area contributed by atoms with Gasteiger partial charge in [0, 0.05) is 24.8 Å². The third-order valence-corrected chi connectivity index (χ3v) is 10.5. The Bertz CT molecular complexity index is 957. The molecule has 4 aliphatic carbocycles.